The topological polar surface area (TPSA) is 70.7 Å². The van der Waals surface area contributed by atoms with Gasteiger partial charge in [-0.1, -0.05) is 0 Å². The highest BCUT2D eigenvalue weighted by molar-refractivity contribution is 5.97. The zero-order valence-electron chi connectivity index (χ0n) is 13.4. The first kappa shape index (κ1) is 16.0. The molecule has 0 spiro atoms. The predicted molar refractivity (Wildman–Crippen MR) is 87.4 cm³/mol. The van der Waals surface area contributed by atoms with E-state index in [0.717, 1.165) is 25.9 Å². The molecule has 2 fully saturated rings. The van der Waals surface area contributed by atoms with E-state index in [1.165, 1.54) is 0 Å². The lowest BCUT2D eigenvalue weighted by Gasteiger charge is -2.29. The number of ether oxygens (including phenoxy) is 1. The molecule has 0 unspecified atom stereocenters. The van der Waals surface area contributed by atoms with Crippen molar-refractivity contribution >= 4 is 17.5 Å². The van der Waals surface area contributed by atoms with Crippen LogP contribution in [0.2, 0.25) is 0 Å². The largest absolute Gasteiger partial charge is 0.375 e. The first-order chi connectivity index (χ1) is 11.1. The zero-order chi connectivity index (χ0) is 16.2. The molecule has 6 nitrogen and oxygen atoms in total. The summed E-state index contributed by atoms with van der Waals surface area (Å²) in [5.41, 5.74) is 1.35. The van der Waals surface area contributed by atoms with E-state index in [2.05, 4.69) is 10.6 Å². The number of carbonyl (C=O) groups excluding carboxylic acids is 2. The standard InChI is InChI=1S/C17H23N3O3/c1-12-15(18-8-11-23-12)16(21)19-14-6-4-13(5-7-14)17(22)20-9-2-3-10-20/h4-7,12,15,18H,2-3,8-11H2,1H3,(H,19,21)/t12-,15+/m1/s1. The van der Waals surface area contributed by atoms with Gasteiger partial charge in [-0.2, -0.15) is 0 Å². The molecule has 2 atom stereocenters. The average Bonchev–Trinajstić information content (AvgIpc) is 3.09. The van der Waals surface area contributed by atoms with Crippen molar-refractivity contribution in [2.24, 2.45) is 0 Å². The van der Waals surface area contributed by atoms with Gasteiger partial charge in [-0.3, -0.25) is 9.59 Å². The van der Waals surface area contributed by atoms with Crippen LogP contribution in [0, 0.1) is 0 Å². The third-order valence-corrected chi connectivity index (χ3v) is 4.39. The van der Waals surface area contributed by atoms with Gasteiger partial charge in [-0.15, -0.1) is 0 Å². The second-order valence-electron chi connectivity index (χ2n) is 6.07. The quantitative estimate of drug-likeness (QED) is 0.880. The summed E-state index contributed by atoms with van der Waals surface area (Å²) in [7, 11) is 0. The molecule has 2 amide bonds. The molecular weight excluding hydrogens is 294 g/mol. The van der Waals surface area contributed by atoms with E-state index in [1.54, 1.807) is 24.3 Å². The van der Waals surface area contributed by atoms with Crippen molar-refractivity contribution in [3.05, 3.63) is 29.8 Å². The SMILES string of the molecule is C[C@H]1OCCN[C@@H]1C(=O)Nc1ccc(C(=O)N2CCCC2)cc1. The molecule has 1 aromatic carbocycles. The number of rotatable bonds is 3. The van der Waals surface area contributed by atoms with E-state index in [1.807, 2.05) is 11.8 Å². The van der Waals surface area contributed by atoms with Gasteiger partial charge in [0.1, 0.15) is 6.04 Å². The number of likely N-dealkylation sites (tertiary alicyclic amines) is 1. The Morgan fingerprint density at radius 3 is 2.57 bits per heavy atom. The molecule has 0 bridgehead atoms. The van der Waals surface area contributed by atoms with Crippen molar-refractivity contribution in [3.8, 4) is 0 Å². The third-order valence-electron chi connectivity index (χ3n) is 4.39. The molecule has 6 heteroatoms. The minimum absolute atomic E-state index is 0.0661. The van der Waals surface area contributed by atoms with Crippen LogP contribution in [-0.4, -0.2) is 55.1 Å². The number of amides is 2. The molecule has 3 rings (SSSR count). The molecular formula is C17H23N3O3. The zero-order valence-corrected chi connectivity index (χ0v) is 13.4. The maximum Gasteiger partial charge on any atom is 0.253 e. The second-order valence-corrected chi connectivity index (χ2v) is 6.07. The van der Waals surface area contributed by atoms with E-state index >= 15 is 0 Å². The number of benzene rings is 1. The van der Waals surface area contributed by atoms with Crippen molar-refractivity contribution in [3.63, 3.8) is 0 Å². The highest BCUT2D eigenvalue weighted by Gasteiger charge is 2.28. The highest BCUT2D eigenvalue weighted by Crippen LogP contribution is 2.16. The Balaban J connectivity index is 1.60. The lowest BCUT2D eigenvalue weighted by Crippen LogP contribution is -2.53. The summed E-state index contributed by atoms with van der Waals surface area (Å²) in [5.74, 6) is -0.0489. The molecule has 1 aromatic rings. The van der Waals surface area contributed by atoms with Crippen LogP contribution >= 0.6 is 0 Å². The van der Waals surface area contributed by atoms with Gasteiger partial charge in [0.15, 0.2) is 0 Å². The Labute approximate surface area is 136 Å². The van der Waals surface area contributed by atoms with Gasteiger partial charge in [0.25, 0.3) is 5.91 Å². The molecule has 0 radical (unpaired) electrons. The monoisotopic (exact) mass is 317 g/mol. The average molecular weight is 317 g/mol. The summed E-state index contributed by atoms with van der Waals surface area (Å²) >= 11 is 0. The van der Waals surface area contributed by atoms with Crippen molar-refractivity contribution in [2.45, 2.75) is 31.9 Å². The van der Waals surface area contributed by atoms with E-state index < -0.39 is 0 Å². The first-order valence-corrected chi connectivity index (χ1v) is 8.20. The van der Waals surface area contributed by atoms with Gasteiger partial charge < -0.3 is 20.3 Å². The van der Waals surface area contributed by atoms with Gasteiger partial charge in [0, 0.05) is 30.9 Å². The van der Waals surface area contributed by atoms with E-state index in [4.69, 9.17) is 4.74 Å². The van der Waals surface area contributed by atoms with Crippen molar-refractivity contribution in [1.82, 2.24) is 10.2 Å². The van der Waals surface area contributed by atoms with Crippen molar-refractivity contribution < 1.29 is 14.3 Å². The molecule has 0 aromatic heterocycles. The van der Waals surface area contributed by atoms with E-state index in [0.29, 0.717) is 24.4 Å². The second kappa shape index (κ2) is 7.10. The summed E-state index contributed by atoms with van der Waals surface area (Å²) < 4.78 is 5.48. The Morgan fingerprint density at radius 1 is 1.22 bits per heavy atom. The van der Waals surface area contributed by atoms with Crippen LogP contribution in [0.1, 0.15) is 30.1 Å². The molecule has 23 heavy (non-hydrogen) atoms. The van der Waals surface area contributed by atoms with Gasteiger partial charge in [0.05, 0.1) is 12.7 Å². The van der Waals surface area contributed by atoms with Crippen LogP contribution in [0.3, 0.4) is 0 Å². The summed E-state index contributed by atoms with van der Waals surface area (Å²) in [5, 5.41) is 6.03. The summed E-state index contributed by atoms with van der Waals surface area (Å²) in [4.78, 5) is 26.4. The van der Waals surface area contributed by atoms with Gasteiger partial charge in [0.2, 0.25) is 5.91 Å². The van der Waals surface area contributed by atoms with Gasteiger partial charge >= 0.3 is 0 Å². The summed E-state index contributed by atoms with van der Waals surface area (Å²) in [6.45, 7) is 4.85. The van der Waals surface area contributed by atoms with Crippen LogP contribution in [0.4, 0.5) is 5.69 Å². The Morgan fingerprint density at radius 2 is 1.91 bits per heavy atom. The Bertz CT molecular complexity index is 567. The third kappa shape index (κ3) is 3.71. The first-order valence-electron chi connectivity index (χ1n) is 8.20. The molecule has 2 aliphatic heterocycles. The fraction of sp³-hybridized carbons (Fsp3) is 0.529. The Hall–Kier alpha value is -1.92. The van der Waals surface area contributed by atoms with Crippen molar-refractivity contribution in [2.75, 3.05) is 31.6 Å². The maximum atomic E-state index is 12.3. The van der Waals surface area contributed by atoms with Gasteiger partial charge in [-0.25, -0.2) is 0 Å². The number of hydrogen-bond donors (Lipinski definition) is 2. The smallest absolute Gasteiger partial charge is 0.253 e. The molecule has 0 saturated carbocycles. The number of hydrogen-bond acceptors (Lipinski definition) is 4. The number of nitrogens with zero attached hydrogens (tertiary/aromatic N) is 1. The van der Waals surface area contributed by atoms with E-state index in [-0.39, 0.29) is 24.0 Å². The summed E-state index contributed by atoms with van der Waals surface area (Å²) in [6, 6.07) is 6.73. The minimum Gasteiger partial charge on any atom is -0.375 e. The number of morpholine rings is 1. The Kier molecular flexibility index (Phi) is 4.93. The van der Waals surface area contributed by atoms with Crippen LogP contribution in [0.15, 0.2) is 24.3 Å². The molecule has 0 aliphatic carbocycles. The highest BCUT2D eigenvalue weighted by atomic mass is 16.5. The number of nitrogens with one attached hydrogen (secondary N) is 2. The normalized spacial score (nSPS) is 24.5. The molecule has 2 heterocycles. The molecule has 2 saturated heterocycles. The fourth-order valence-corrected chi connectivity index (χ4v) is 3.05. The van der Waals surface area contributed by atoms with Crippen LogP contribution in [-0.2, 0) is 9.53 Å². The number of carbonyl (C=O) groups is 2. The van der Waals surface area contributed by atoms with Crippen LogP contribution in [0.5, 0.6) is 0 Å². The fourth-order valence-electron chi connectivity index (χ4n) is 3.05. The van der Waals surface area contributed by atoms with Gasteiger partial charge in [-0.05, 0) is 44.0 Å². The minimum atomic E-state index is -0.352. The lowest BCUT2D eigenvalue weighted by molar-refractivity contribution is -0.123. The molecule has 124 valence electrons. The van der Waals surface area contributed by atoms with Crippen LogP contribution < -0.4 is 10.6 Å². The molecule has 2 N–H and O–H groups in total. The summed E-state index contributed by atoms with van der Waals surface area (Å²) in [6.07, 6.45) is 2.00. The molecule has 2 aliphatic rings. The van der Waals surface area contributed by atoms with Crippen molar-refractivity contribution in [1.29, 1.82) is 0 Å². The maximum absolute atomic E-state index is 12.3. The van der Waals surface area contributed by atoms with E-state index in [9.17, 15) is 9.59 Å². The lowest BCUT2D eigenvalue weighted by atomic mass is 10.1. The van der Waals surface area contributed by atoms with Crippen LogP contribution in [0.25, 0.3) is 0 Å². The number of anilines is 1. The predicted octanol–water partition coefficient (Wildman–Crippen LogP) is 1.24.